The molecular formula is C10H15P. The molecule has 0 aromatic rings. The van der Waals surface area contributed by atoms with Crippen LogP contribution >= 0.6 is 7.92 Å². The molecule has 0 N–H and O–H groups in total. The molecule has 1 rings (SSSR count). The summed E-state index contributed by atoms with van der Waals surface area (Å²) in [5.41, 5.74) is 1.33. The molecule has 0 radical (unpaired) electrons. The van der Waals surface area contributed by atoms with Gasteiger partial charge in [-0.1, -0.05) is 51.5 Å². The SMILES string of the molecule is C=C/C=C/P1CC1(C)C(=C)C. The highest BCUT2D eigenvalue weighted by molar-refractivity contribution is 7.70. The first kappa shape index (κ1) is 8.74. The van der Waals surface area contributed by atoms with Gasteiger partial charge in [0.25, 0.3) is 0 Å². The fourth-order valence-electron chi connectivity index (χ4n) is 1.06. The molecule has 0 aromatic carbocycles. The van der Waals surface area contributed by atoms with Crippen molar-refractivity contribution in [3.8, 4) is 0 Å². The summed E-state index contributed by atoms with van der Waals surface area (Å²) in [6.45, 7) is 12.1. The quantitative estimate of drug-likeness (QED) is 0.342. The van der Waals surface area contributed by atoms with Crippen molar-refractivity contribution in [1.29, 1.82) is 0 Å². The molecule has 0 aliphatic carbocycles. The van der Waals surface area contributed by atoms with Crippen molar-refractivity contribution in [3.63, 3.8) is 0 Å². The van der Waals surface area contributed by atoms with Crippen LogP contribution in [0.15, 0.2) is 36.7 Å². The third-order valence-electron chi connectivity index (χ3n) is 2.33. The molecule has 1 aliphatic rings. The van der Waals surface area contributed by atoms with Gasteiger partial charge < -0.3 is 0 Å². The van der Waals surface area contributed by atoms with E-state index >= 15 is 0 Å². The molecule has 1 saturated heterocycles. The van der Waals surface area contributed by atoms with Crippen LogP contribution in [0.1, 0.15) is 13.8 Å². The second-order valence-corrected chi connectivity index (χ2v) is 5.80. The first-order valence-electron chi connectivity index (χ1n) is 3.83. The van der Waals surface area contributed by atoms with E-state index in [0.717, 1.165) is 0 Å². The molecule has 0 aromatic heterocycles. The first-order chi connectivity index (χ1) is 5.11. The van der Waals surface area contributed by atoms with Gasteiger partial charge in [-0.05, 0) is 13.1 Å². The van der Waals surface area contributed by atoms with Gasteiger partial charge in [-0.25, -0.2) is 0 Å². The molecule has 11 heavy (non-hydrogen) atoms. The molecule has 0 bridgehead atoms. The van der Waals surface area contributed by atoms with Crippen molar-refractivity contribution in [1.82, 2.24) is 0 Å². The second kappa shape index (κ2) is 2.95. The van der Waals surface area contributed by atoms with Gasteiger partial charge in [-0.2, -0.15) is 0 Å². The van der Waals surface area contributed by atoms with E-state index in [9.17, 15) is 0 Å². The molecule has 0 saturated carbocycles. The van der Waals surface area contributed by atoms with Gasteiger partial charge in [-0.3, -0.25) is 0 Å². The summed E-state index contributed by atoms with van der Waals surface area (Å²) in [5.74, 6) is 2.29. The van der Waals surface area contributed by atoms with Crippen molar-refractivity contribution in [3.05, 3.63) is 36.7 Å². The van der Waals surface area contributed by atoms with E-state index in [4.69, 9.17) is 0 Å². The molecule has 1 heterocycles. The highest BCUT2D eigenvalue weighted by Gasteiger charge is 2.48. The zero-order valence-electron chi connectivity index (χ0n) is 7.30. The minimum atomic E-state index is 0.107. The van der Waals surface area contributed by atoms with Crippen molar-refractivity contribution >= 4 is 7.92 Å². The molecule has 1 fully saturated rings. The van der Waals surface area contributed by atoms with Gasteiger partial charge in [0.2, 0.25) is 0 Å². The van der Waals surface area contributed by atoms with E-state index in [1.54, 1.807) is 0 Å². The molecule has 0 nitrogen and oxygen atoms in total. The maximum atomic E-state index is 4.00. The monoisotopic (exact) mass is 166 g/mol. The molecule has 0 spiro atoms. The number of hydrogen-bond acceptors (Lipinski definition) is 0. The van der Waals surface area contributed by atoms with E-state index in [1.165, 1.54) is 11.7 Å². The lowest BCUT2D eigenvalue weighted by Crippen LogP contribution is -2.01. The average molecular weight is 166 g/mol. The van der Waals surface area contributed by atoms with Crippen molar-refractivity contribution in [2.45, 2.75) is 19.0 Å². The average Bonchev–Trinajstić information content (AvgIpc) is 2.59. The summed E-state index contributed by atoms with van der Waals surface area (Å²) in [7, 11) is 0.107. The smallest absolute Gasteiger partial charge is 0.0157 e. The highest BCUT2D eigenvalue weighted by atomic mass is 31.1. The molecule has 1 heteroatoms. The fourth-order valence-corrected chi connectivity index (χ4v) is 3.42. The van der Waals surface area contributed by atoms with Crippen molar-refractivity contribution in [2.75, 3.05) is 6.16 Å². The van der Waals surface area contributed by atoms with E-state index < -0.39 is 0 Å². The molecule has 2 unspecified atom stereocenters. The van der Waals surface area contributed by atoms with Gasteiger partial charge in [0.1, 0.15) is 0 Å². The van der Waals surface area contributed by atoms with Crippen LogP contribution in [-0.4, -0.2) is 11.3 Å². The lowest BCUT2D eigenvalue weighted by Gasteiger charge is -2.06. The summed E-state index contributed by atoms with van der Waals surface area (Å²) in [6.07, 6.45) is 5.22. The molecule has 60 valence electrons. The van der Waals surface area contributed by atoms with Crippen LogP contribution in [0, 0.1) is 0 Å². The van der Waals surface area contributed by atoms with Gasteiger partial charge in [0.15, 0.2) is 0 Å². The zero-order chi connectivity index (χ0) is 8.48. The maximum absolute atomic E-state index is 4.00. The predicted molar refractivity (Wildman–Crippen MR) is 54.3 cm³/mol. The molecular weight excluding hydrogens is 151 g/mol. The summed E-state index contributed by atoms with van der Waals surface area (Å²) in [6, 6.07) is 0. The minimum Gasteiger partial charge on any atom is -0.0992 e. The predicted octanol–water partition coefficient (Wildman–Crippen LogP) is 3.52. The van der Waals surface area contributed by atoms with Crippen LogP contribution in [0.3, 0.4) is 0 Å². The van der Waals surface area contributed by atoms with Crippen LogP contribution < -0.4 is 0 Å². The largest absolute Gasteiger partial charge is 0.0992 e. The van der Waals surface area contributed by atoms with Gasteiger partial charge in [0.05, 0.1) is 0 Å². The van der Waals surface area contributed by atoms with E-state index in [2.05, 4.69) is 38.9 Å². The lowest BCUT2D eigenvalue weighted by molar-refractivity contribution is 0.934. The third-order valence-corrected chi connectivity index (χ3v) is 5.26. The van der Waals surface area contributed by atoms with Crippen molar-refractivity contribution in [2.24, 2.45) is 0 Å². The Morgan fingerprint density at radius 2 is 2.27 bits per heavy atom. The van der Waals surface area contributed by atoms with E-state index in [-0.39, 0.29) is 7.92 Å². The Labute approximate surface area is 70.4 Å². The van der Waals surface area contributed by atoms with Crippen LogP contribution in [-0.2, 0) is 0 Å². The summed E-state index contributed by atoms with van der Waals surface area (Å²) in [5, 5.41) is 0.453. The van der Waals surface area contributed by atoms with Gasteiger partial charge >= 0.3 is 0 Å². The molecule has 0 amide bonds. The van der Waals surface area contributed by atoms with Gasteiger partial charge in [0, 0.05) is 5.16 Å². The third kappa shape index (κ3) is 1.62. The summed E-state index contributed by atoms with van der Waals surface area (Å²) < 4.78 is 0. The topological polar surface area (TPSA) is 0 Å². The Kier molecular flexibility index (Phi) is 2.34. The number of allylic oxidation sites excluding steroid dienone is 3. The number of rotatable bonds is 3. The Hall–Kier alpha value is -0.350. The van der Waals surface area contributed by atoms with Gasteiger partial charge in [-0.15, -0.1) is 0 Å². The van der Waals surface area contributed by atoms with Crippen LogP contribution in [0.2, 0.25) is 0 Å². The van der Waals surface area contributed by atoms with E-state index in [0.29, 0.717) is 5.16 Å². The normalized spacial score (nSPS) is 35.6. The van der Waals surface area contributed by atoms with Crippen LogP contribution in [0.4, 0.5) is 0 Å². The fraction of sp³-hybridized carbons (Fsp3) is 0.400. The minimum absolute atomic E-state index is 0.107. The Morgan fingerprint density at radius 3 is 2.64 bits per heavy atom. The maximum Gasteiger partial charge on any atom is 0.0157 e. The second-order valence-electron chi connectivity index (χ2n) is 3.26. The zero-order valence-corrected chi connectivity index (χ0v) is 8.20. The Balaban J connectivity index is 2.53. The van der Waals surface area contributed by atoms with Crippen molar-refractivity contribution < 1.29 is 0 Å². The molecule has 1 aliphatic heterocycles. The highest BCUT2D eigenvalue weighted by Crippen LogP contribution is 2.71. The first-order valence-corrected chi connectivity index (χ1v) is 5.43. The van der Waals surface area contributed by atoms with Crippen LogP contribution in [0.5, 0.6) is 0 Å². The summed E-state index contributed by atoms with van der Waals surface area (Å²) >= 11 is 0. The van der Waals surface area contributed by atoms with Crippen LogP contribution in [0.25, 0.3) is 0 Å². The van der Waals surface area contributed by atoms with E-state index in [1.807, 2.05) is 6.08 Å². The Morgan fingerprint density at radius 1 is 1.64 bits per heavy atom. The summed E-state index contributed by atoms with van der Waals surface area (Å²) in [4.78, 5) is 0. The standard InChI is InChI=1S/C10H15P/c1-5-6-7-11-8-10(11,4)9(2)3/h5-7H,1-2,8H2,3-4H3/b7-6+. The molecule has 2 atom stereocenters. The Bertz CT molecular complexity index is 215. The lowest BCUT2D eigenvalue weighted by atomic mass is 10.1. The number of hydrogen-bond donors (Lipinski definition) is 0.